The second-order valence-corrected chi connectivity index (χ2v) is 1.87. The third-order valence-corrected chi connectivity index (χ3v) is 1.11. The van der Waals surface area contributed by atoms with Gasteiger partial charge in [-0.25, -0.2) is 0 Å². The van der Waals surface area contributed by atoms with Crippen molar-refractivity contribution in [1.82, 2.24) is 0 Å². The average Bonchev–Trinajstić information content (AvgIpc) is 1.99. The van der Waals surface area contributed by atoms with E-state index in [9.17, 15) is 0 Å². The Morgan fingerprint density at radius 3 is 2.20 bits per heavy atom. The van der Waals surface area contributed by atoms with Gasteiger partial charge in [0.15, 0.2) is 0 Å². The van der Waals surface area contributed by atoms with E-state index in [2.05, 4.69) is 18.2 Å². The summed E-state index contributed by atoms with van der Waals surface area (Å²) in [6, 6.07) is 0. The quantitative estimate of drug-likeness (QED) is 0.417. The molecule has 0 aliphatic heterocycles. The minimum absolute atomic E-state index is 0.886. The van der Waals surface area contributed by atoms with Crippen molar-refractivity contribution in [2.24, 2.45) is 4.99 Å². The van der Waals surface area contributed by atoms with E-state index in [-0.39, 0.29) is 0 Å². The molecule has 0 unspecified atom stereocenters. The second kappa shape index (κ2) is 4.74. The minimum atomic E-state index is 0.886. The maximum absolute atomic E-state index is 4.17. The van der Waals surface area contributed by atoms with Crippen LogP contribution in [0.4, 0.5) is 0 Å². The van der Waals surface area contributed by atoms with E-state index in [1.54, 1.807) is 12.2 Å². The summed E-state index contributed by atoms with van der Waals surface area (Å²) in [6.07, 6.45) is 5.33. The summed E-state index contributed by atoms with van der Waals surface area (Å²) >= 11 is 0. The van der Waals surface area contributed by atoms with Crippen LogP contribution in [0.2, 0.25) is 0 Å². The fourth-order valence-electron chi connectivity index (χ4n) is 0.477. The number of aliphatic imine (C=N–C) groups is 1. The number of allylic oxidation sites excluding steroid dienone is 3. The maximum atomic E-state index is 4.17. The summed E-state index contributed by atoms with van der Waals surface area (Å²) in [4.78, 5) is 4.17. The molecule has 0 radical (unpaired) electrons. The summed E-state index contributed by atoms with van der Waals surface area (Å²) < 4.78 is 0. The van der Waals surface area contributed by atoms with E-state index >= 15 is 0 Å². The first kappa shape index (κ1) is 8.89. The monoisotopic (exact) mass is 135 g/mol. The van der Waals surface area contributed by atoms with E-state index in [0.29, 0.717) is 0 Å². The Bertz CT molecular complexity index is 185. The molecular weight excluding hydrogens is 122 g/mol. The van der Waals surface area contributed by atoms with Crippen molar-refractivity contribution < 1.29 is 0 Å². The second-order valence-electron chi connectivity index (χ2n) is 1.87. The molecule has 1 heteroatoms. The van der Waals surface area contributed by atoms with Gasteiger partial charge in [0, 0.05) is 5.71 Å². The predicted octanol–water partition coefficient (Wildman–Crippen LogP) is 2.72. The van der Waals surface area contributed by atoms with Crippen LogP contribution in [0.25, 0.3) is 0 Å². The van der Waals surface area contributed by atoms with Crippen LogP contribution in [0.15, 0.2) is 42.1 Å². The van der Waals surface area contributed by atoms with Gasteiger partial charge in [-0.2, -0.15) is 0 Å². The van der Waals surface area contributed by atoms with Gasteiger partial charge in [-0.15, -0.1) is 0 Å². The third kappa shape index (κ3) is 3.02. The lowest BCUT2D eigenvalue weighted by Gasteiger charge is -1.91. The van der Waals surface area contributed by atoms with Crippen molar-refractivity contribution in [3.8, 4) is 0 Å². The lowest BCUT2D eigenvalue weighted by Crippen LogP contribution is -1.83. The standard InChI is InChI=1S/C9H13N/c1-5-8(4)10-9(6-2)7-3/h5-7H,1-2H2,3-4H3/b9-7-,10-8-. The highest BCUT2D eigenvalue weighted by Gasteiger charge is 1.83. The van der Waals surface area contributed by atoms with Crippen LogP contribution < -0.4 is 0 Å². The van der Waals surface area contributed by atoms with E-state index in [1.165, 1.54) is 0 Å². The van der Waals surface area contributed by atoms with Crippen molar-refractivity contribution in [3.63, 3.8) is 0 Å². The first-order chi connectivity index (χ1) is 4.74. The highest BCUT2D eigenvalue weighted by atomic mass is 14.7. The fraction of sp³-hybridized carbons (Fsp3) is 0.222. The van der Waals surface area contributed by atoms with Gasteiger partial charge >= 0.3 is 0 Å². The Labute approximate surface area is 62.5 Å². The van der Waals surface area contributed by atoms with Crippen molar-refractivity contribution in [2.45, 2.75) is 13.8 Å². The predicted molar refractivity (Wildman–Crippen MR) is 47.3 cm³/mol. The zero-order chi connectivity index (χ0) is 7.98. The first-order valence-corrected chi connectivity index (χ1v) is 3.21. The molecule has 0 spiro atoms. The molecule has 0 aliphatic rings. The smallest absolute Gasteiger partial charge is 0.0584 e. The molecule has 0 aliphatic carbocycles. The third-order valence-electron chi connectivity index (χ3n) is 1.11. The molecule has 0 saturated heterocycles. The molecule has 0 N–H and O–H groups in total. The lowest BCUT2D eigenvalue weighted by molar-refractivity contribution is 1.38. The number of nitrogens with zero attached hydrogens (tertiary/aromatic N) is 1. The first-order valence-electron chi connectivity index (χ1n) is 3.21. The van der Waals surface area contributed by atoms with Crippen LogP contribution in [0, 0.1) is 0 Å². The Balaban J connectivity index is 4.36. The van der Waals surface area contributed by atoms with Crippen LogP contribution in [-0.4, -0.2) is 5.71 Å². The Kier molecular flexibility index (Phi) is 4.21. The number of hydrogen-bond donors (Lipinski definition) is 0. The van der Waals surface area contributed by atoms with Crippen molar-refractivity contribution in [3.05, 3.63) is 37.1 Å². The molecule has 0 aromatic heterocycles. The van der Waals surface area contributed by atoms with Gasteiger partial charge in [-0.1, -0.05) is 19.2 Å². The SMILES string of the molecule is C=CC(=C/C)/N=C(/C)C=C. The topological polar surface area (TPSA) is 12.4 Å². The molecule has 1 nitrogen and oxygen atoms in total. The maximum Gasteiger partial charge on any atom is 0.0584 e. The van der Waals surface area contributed by atoms with E-state index < -0.39 is 0 Å². The van der Waals surface area contributed by atoms with Crippen LogP contribution in [-0.2, 0) is 0 Å². The van der Waals surface area contributed by atoms with Crippen LogP contribution in [0.1, 0.15) is 13.8 Å². The highest BCUT2D eigenvalue weighted by Crippen LogP contribution is 1.97. The summed E-state index contributed by atoms with van der Waals surface area (Å²) in [7, 11) is 0. The molecule has 0 amide bonds. The van der Waals surface area contributed by atoms with Crippen LogP contribution >= 0.6 is 0 Å². The van der Waals surface area contributed by atoms with Gasteiger partial charge in [0.1, 0.15) is 0 Å². The highest BCUT2D eigenvalue weighted by molar-refractivity contribution is 5.93. The molecule has 0 aromatic rings. The summed E-state index contributed by atoms with van der Waals surface area (Å²) in [5, 5.41) is 0. The Hall–Kier alpha value is -1.11. The number of hydrogen-bond acceptors (Lipinski definition) is 1. The minimum Gasteiger partial charge on any atom is -0.254 e. The number of rotatable bonds is 3. The average molecular weight is 135 g/mol. The molecule has 0 rings (SSSR count). The van der Waals surface area contributed by atoms with Gasteiger partial charge in [0.25, 0.3) is 0 Å². The van der Waals surface area contributed by atoms with Crippen LogP contribution in [0.5, 0.6) is 0 Å². The fourth-order valence-corrected chi connectivity index (χ4v) is 0.477. The largest absolute Gasteiger partial charge is 0.254 e. The van der Waals surface area contributed by atoms with Gasteiger partial charge in [0.2, 0.25) is 0 Å². The molecule has 54 valence electrons. The molecule has 0 saturated carbocycles. The van der Waals surface area contributed by atoms with E-state index in [0.717, 1.165) is 11.4 Å². The lowest BCUT2D eigenvalue weighted by atomic mass is 10.3. The zero-order valence-electron chi connectivity index (χ0n) is 6.59. The molecule has 0 heterocycles. The molecule has 0 fully saturated rings. The van der Waals surface area contributed by atoms with Gasteiger partial charge in [-0.3, -0.25) is 4.99 Å². The Morgan fingerprint density at radius 1 is 1.30 bits per heavy atom. The van der Waals surface area contributed by atoms with Crippen molar-refractivity contribution >= 4 is 5.71 Å². The Morgan fingerprint density at radius 2 is 1.90 bits per heavy atom. The summed E-state index contributed by atoms with van der Waals surface area (Å²) in [5.74, 6) is 0. The molecule has 10 heavy (non-hydrogen) atoms. The van der Waals surface area contributed by atoms with Gasteiger partial charge in [-0.05, 0) is 26.0 Å². The van der Waals surface area contributed by atoms with Gasteiger partial charge in [0.05, 0.1) is 5.70 Å². The molecule has 0 aromatic carbocycles. The van der Waals surface area contributed by atoms with Gasteiger partial charge < -0.3 is 0 Å². The van der Waals surface area contributed by atoms with E-state index in [1.807, 2.05) is 19.9 Å². The zero-order valence-corrected chi connectivity index (χ0v) is 6.59. The summed E-state index contributed by atoms with van der Waals surface area (Å²) in [5.41, 5.74) is 1.80. The molecular formula is C9H13N. The molecule has 0 atom stereocenters. The van der Waals surface area contributed by atoms with E-state index in [4.69, 9.17) is 0 Å². The summed E-state index contributed by atoms with van der Waals surface area (Å²) in [6.45, 7) is 11.0. The van der Waals surface area contributed by atoms with Crippen molar-refractivity contribution in [1.29, 1.82) is 0 Å². The normalized spacial score (nSPS) is 13.0. The molecule has 0 bridgehead atoms. The van der Waals surface area contributed by atoms with Crippen molar-refractivity contribution in [2.75, 3.05) is 0 Å². The van der Waals surface area contributed by atoms with Crippen LogP contribution in [0.3, 0.4) is 0 Å².